The highest BCUT2D eigenvalue weighted by Crippen LogP contribution is 2.21. The van der Waals surface area contributed by atoms with Crippen molar-refractivity contribution in [3.8, 4) is 0 Å². The number of sulfonamides is 1. The van der Waals surface area contributed by atoms with Crippen molar-refractivity contribution >= 4 is 15.7 Å². The molecule has 3 nitrogen and oxygen atoms in total. The molecule has 0 saturated carbocycles. The van der Waals surface area contributed by atoms with Gasteiger partial charge >= 0.3 is 0 Å². The van der Waals surface area contributed by atoms with E-state index in [-0.39, 0.29) is 4.90 Å². The molecule has 0 radical (unpaired) electrons. The van der Waals surface area contributed by atoms with E-state index in [1.165, 1.54) is 23.5 Å². The van der Waals surface area contributed by atoms with Crippen LogP contribution in [0.15, 0.2) is 59.5 Å². The molecule has 94 valence electrons. The maximum absolute atomic E-state index is 12.8. The third-order valence-corrected chi connectivity index (χ3v) is 4.39. The number of halogens is 1. The fraction of sp³-hybridized carbons (Fsp3) is 0.0769. The van der Waals surface area contributed by atoms with Crippen LogP contribution in [0.4, 0.5) is 10.1 Å². The highest BCUT2D eigenvalue weighted by molar-refractivity contribution is 7.92. The molecule has 0 aliphatic heterocycles. The van der Waals surface area contributed by atoms with E-state index in [0.717, 1.165) is 12.1 Å². The van der Waals surface area contributed by atoms with Gasteiger partial charge in [0.05, 0.1) is 10.6 Å². The van der Waals surface area contributed by atoms with Crippen molar-refractivity contribution in [1.29, 1.82) is 0 Å². The Balaban J connectivity index is 2.40. The predicted octanol–water partition coefficient (Wildman–Crippen LogP) is 2.65. The summed E-state index contributed by atoms with van der Waals surface area (Å²) in [5.41, 5.74) is 0.557. The number of nitrogens with zero attached hydrogens (tertiary/aromatic N) is 1. The van der Waals surface area contributed by atoms with E-state index in [1.807, 2.05) is 6.07 Å². The van der Waals surface area contributed by atoms with Crippen molar-refractivity contribution in [1.82, 2.24) is 0 Å². The summed E-state index contributed by atoms with van der Waals surface area (Å²) in [6, 6.07) is 13.5. The highest BCUT2D eigenvalue weighted by Gasteiger charge is 2.20. The molecule has 2 aromatic rings. The van der Waals surface area contributed by atoms with Gasteiger partial charge in [-0.1, -0.05) is 18.2 Å². The molecule has 0 fully saturated rings. The molecule has 0 spiro atoms. The Morgan fingerprint density at radius 1 is 0.944 bits per heavy atom. The van der Waals surface area contributed by atoms with Crippen LogP contribution in [-0.2, 0) is 10.0 Å². The van der Waals surface area contributed by atoms with Crippen LogP contribution in [0, 0.1) is 5.82 Å². The molecule has 0 amide bonds. The van der Waals surface area contributed by atoms with Crippen molar-refractivity contribution in [3.05, 3.63) is 60.4 Å². The van der Waals surface area contributed by atoms with E-state index in [0.29, 0.717) is 5.69 Å². The van der Waals surface area contributed by atoms with Gasteiger partial charge in [-0.05, 0) is 36.4 Å². The van der Waals surface area contributed by atoms with Crippen molar-refractivity contribution < 1.29 is 12.8 Å². The standard InChI is InChI=1S/C13H12FNO2S/c1-15(12-5-3-2-4-6-12)18(16,17)13-9-7-11(14)8-10-13/h2-10H,1H3. The van der Waals surface area contributed by atoms with Gasteiger partial charge < -0.3 is 0 Å². The number of hydrogen-bond donors (Lipinski definition) is 0. The summed E-state index contributed by atoms with van der Waals surface area (Å²) in [5, 5.41) is 0. The monoisotopic (exact) mass is 265 g/mol. The summed E-state index contributed by atoms with van der Waals surface area (Å²) in [5.74, 6) is -0.462. The average molecular weight is 265 g/mol. The summed E-state index contributed by atoms with van der Waals surface area (Å²) in [7, 11) is -2.18. The van der Waals surface area contributed by atoms with E-state index < -0.39 is 15.8 Å². The molecule has 0 N–H and O–H groups in total. The lowest BCUT2D eigenvalue weighted by Gasteiger charge is -2.19. The minimum Gasteiger partial charge on any atom is -0.269 e. The first-order valence-corrected chi connectivity index (χ1v) is 6.75. The molecule has 0 saturated heterocycles. The molecule has 0 unspecified atom stereocenters. The smallest absolute Gasteiger partial charge is 0.264 e. The second-order valence-electron chi connectivity index (χ2n) is 3.76. The zero-order valence-corrected chi connectivity index (χ0v) is 10.6. The van der Waals surface area contributed by atoms with Gasteiger partial charge in [-0.2, -0.15) is 0 Å². The van der Waals surface area contributed by atoms with E-state index in [2.05, 4.69) is 0 Å². The van der Waals surface area contributed by atoms with Gasteiger partial charge in [0.25, 0.3) is 10.0 Å². The summed E-state index contributed by atoms with van der Waals surface area (Å²) in [6.07, 6.45) is 0. The Bertz CT molecular complexity index is 624. The molecule has 5 heteroatoms. The summed E-state index contributed by atoms with van der Waals surface area (Å²) < 4.78 is 38.5. The minimum atomic E-state index is -3.64. The summed E-state index contributed by atoms with van der Waals surface area (Å²) in [4.78, 5) is 0.0650. The molecular weight excluding hydrogens is 253 g/mol. The Morgan fingerprint density at radius 2 is 1.50 bits per heavy atom. The minimum absolute atomic E-state index is 0.0650. The van der Waals surface area contributed by atoms with Gasteiger partial charge in [0, 0.05) is 7.05 Å². The summed E-state index contributed by atoms with van der Waals surface area (Å²) in [6.45, 7) is 0. The van der Waals surface area contributed by atoms with Gasteiger partial charge in [-0.15, -0.1) is 0 Å². The molecule has 2 rings (SSSR count). The van der Waals surface area contributed by atoms with E-state index >= 15 is 0 Å². The third kappa shape index (κ3) is 2.36. The Labute approximate surface area is 106 Å². The SMILES string of the molecule is CN(c1ccccc1)S(=O)(=O)c1ccc(F)cc1. The normalized spacial score (nSPS) is 11.2. The topological polar surface area (TPSA) is 37.4 Å². The first-order valence-electron chi connectivity index (χ1n) is 5.31. The highest BCUT2D eigenvalue weighted by atomic mass is 32.2. The van der Waals surface area contributed by atoms with Gasteiger partial charge in [0.1, 0.15) is 5.82 Å². The van der Waals surface area contributed by atoms with E-state index in [1.54, 1.807) is 24.3 Å². The second kappa shape index (κ2) is 4.78. The lowest BCUT2D eigenvalue weighted by Crippen LogP contribution is -2.26. The van der Waals surface area contributed by atoms with Gasteiger partial charge in [-0.3, -0.25) is 4.31 Å². The molecule has 18 heavy (non-hydrogen) atoms. The largest absolute Gasteiger partial charge is 0.269 e. The van der Waals surface area contributed by atoms with Gasteiger partial charge in [0.15, 0.2) is 0 Å². The fourth-order valence-corrected chi connectivity index (χ4v) is 2.74. The quantitative estimate of drug-likeness (QED) is 0.855. The van der Waals surface area contributed by atoms with E-state index in [9.17, 15) is 12.8 Å². The molecule has 0 bridgehead atoms. The van der Waals surface area contributed by atoms with Crippen LogP contribution in [0.2, 0.25) is 0 Å². The zero-order chi connectivity index (χ0) is 13.2. The van der Waals surface area contributed by atoms with Crippen LogP contribution in [0.25, 0.3) is 0 Å². The molecule has 2 aromatic carbocycles. The van der Waals surface area contributed by atoms with Crippen LogP contribution in [0.5, 0.6) is 0 Å². The number of rotatable bonds is 3. The molecule has 0 aliphatic carbocycles. The lowest BCUT2D eigenvalue weighted by molar-refractivity contribution is 0.593. The van der Waals surface area contributed by atoms with Crippen molar-refractivity contribution in [3.63, 3.8) is 0 Å². The number of benzene rings is 2. The Kier molecular flexibility index (Phi) is 3.34. The summed E-state index contributed by atoms with van der Waals surface area (Å²) >= 11 is 0. The first kappa shape index (κ1) is 12.6. The van der Waals surface area contributed by atoms with Crippen LogP contribution >= 0.6 is 0 Å². The van der Waals surface area contributed by atoms with Crippen LogP contribution in [0.1, 0.15) is 0 Å². The Morgan fingerprint density at radius 3 is 2.06 bits per heavy atom. The van der Waals surface area contributed by atoms with Crippen molar-refractivity contribution in [2.45, 2.75) is 4.90 Å². The first-order chi connectivity index (χ1) is 8.51. The molecule has 0 aromatic heterocycles. The number of anilines is 1. The zero-order valence-electron chi connectivity index (χ0n) is 9.75. The molecule has 0 atom stereocenters. The van der Waals surface area contributed by atoms with Crippen molar-refractivity contribution in [2.75, 3.05) is 11.4 Å². The fourth-order valence-electron chi connectivity index (χ4n) is 1.54. The maximum Gasteiger partial charge on any atom is 0.264 e. The average Bonchev–Trinajstić information content (AvgIpc) is 2.39. The van der Waals surface area contributed by atoms with Crippen molar-refractivity contribution in [2.24, 2.45) is 0 Å². The molecule has 0 heterocycles. The Hall–Kier alpha value is -1.88. The molecular formula is C13H12FNO2S. The number of para-hydroxylation sites is 1. The second-order valence-corrected chi connectivity index (χ2v) is 5.73. The predicted molar refractivity (Wildman–Crippen MR) is 68.4 cm³/mol. The van der Waals surface area contributed by atoms with E-state index in [4.69, 9.17) is 0 Å². The van der Waals surface area contributed by atoms with Gasteiger partial charge in [0.2, 0.25) is 0 Å². The maximum atomic E-state index is 12.8. The molecule has 0 aliphatic rings. The number of hydrogen-bond acceptors (Lipinski definition) is 2. The van der Waals surface area contributed by atoms with Gasteiger partial charge in [-0.25, -0.2) is 12.8 Å². The van der Waals surface area contributed by atoms with Crippen LogP contribution < -0.4 is 4.31 Å². The van der Waals surface area contributed by atoms with Crippen LogP contribution in [-0.4, -0.2) is 15.5 Å². The third-order valence-electron chi connectivity index (χ3n) is 2.59. The van der Waals surface area contributed by atoms with Crippen LogP contribution in [0.3, 0.4) is 0 Å². The lowest BCUT2D eigenvalue weighted by atomic mass is 10.3.